The van der Waals surface area contributed by atoms with Crippen molar-refractivity contribution in [2.24, 2.45) is 5.90 Å². The highest BCUT2D eigenvalue weighted by Crippen LogP contribution is 1.56. The van der Waals surface area contributed by atoms with Gasteiger partial charge in [0.2, 0.25) is 0 Å². The molecule has 4 heteroatoms. The first-order chi connectivity index (χ1) is 3.41. The number of hydrogen-bond donors (Lipinski definition) is 2. The van der Waals surface area contributed by atoms with Crippen LogP contribution in [0.15, 0.2) is 12.7 Å². The van der Waals surface area contributed by atoms with Gasteiger partial charge in [0.05, 0.1) is 18.5 Å². The zero-order chi connectivity index (χ0) is 6.12. The third kappa shape index (κ3) is 24.8. The second kappa shape index (κ2) is 16.8. The quantitative estimate of drug-likeness (QED) is 0.409. The molecule has 0 aromatic heterocycles. The molecule has 0 amide bonds. The SMILES string of the molecule is C=CCON.OCl. The molecule has 0 fully saturated rings. The van der Waals surface area contributed by atoms with E-state index in [-0.39, 0.29) is 0 Å². The minimum atomic E-state index is 0.431. The maximum absolute atomic E-state index is 6.47. The van der Waals surface area contributed by atoms with Gasteiger partial charge in [-0.2, -0.15) is 0 Å². The van der Waals surface area contributed by atoms with Crippen molar-refractivity contribution in [3.8, 4) is 0 Å². The van der Waals surface area contributed by atoms with E-state index in [2.05, 4.69) is 29.2 Å². The normalized spacial score (nSPS) is 6.14. The summed E-state index contributed by atoms with van der Waals surface area (Å²) in [4.78, 5) is 4.07. The van der Waals surface area contributed by atoms with Crippen LogP contribution >= 0.6 is 11.9 Å². The third-order valence-electron chi connectivity index (χ3n) is 0.214. The van der Waals surface area contributed by atoms with Crippen LogP contribution in [0.3, 0.4) is 0 Å². The van der Waals surface area contributed by atoms with E-state index < -0.39 is 0 Å². The first-order valence-electron chi connectivity index (χ1n) is 1.51. The number of nitrogens with two attached hydrogens (primary N) is 1. The molecule has 0 aromatic rings. The van der Waals surface area contributed by atoms with Crippen LogP contribution in [0.25, 0.3) is 0 Å². The van der Waals surface area contributed by atoms with Crippen molar-refractivity contribution < 1.29 is 9.50 Å². The van der Waals surface area contributed by atoms with Crippen molar-refractivity contribution in [2.45, 2.75) is 0 Å². The maximum atomic E-state index is 6.47. The molecule has 0 radical (unpaired) electrons. The van der Waals surface area contributed by atoms with Crippen LogP contribution in [0.5, 0.6) is 0 Å². The lowest BCUT2D eigenvalue weighted by Crippen LogP contribution is -1.96. The smallest absolute Gasteiger partial charge is 0.0858 e. The van der Waals surface area contributed by atoms with Gasteiger partial charge >= 0.3 is 0 Å². The fraction of sp³-hybridized carbons (Fsp3) is 0.333. The fourth-order valence-electron chi connectivity index (χ4n) is 0.0680. The molecule has 0 heterocycles. The average Bonchev–Trinajstić information content (AvgIpc) is 1.75. The first kappa shape index (κ1) is 10.0. The standard InChI is InChI=1S/C3H7NO.ClHO/c1-2-3-5-4;1-2/h2H,1,3-4H2;2H. The van der Waals surface area contributed by atoms with Crippen molar-refractivity contribution in [2.75, 3.05) is 6.61 Å². The summed E-state index contributed by atoms with van der Waals surface area (Å²) in [6.45, 7) is 3.78. The van der Waals surface area contributed by atoms with Crippen LogP contribution in [0.2, 0.25) is 0 Å². The van der Waals surface area contributed by atoms with Crippen molar-refractivity contribution in [1.82, 2.24) is 0 Å². The molecule has 3 N–H and O–H groups in total. The van der Waals surface area contributed by atoms with E-state index in [0.29, 0.717) is 6.61 Å². The van der Waals surface area contributed by atoms with Gasteiger partial charge in [-0.1, -0.05) is 6.08 Å². The van der Waals surface area contributed by atoms with Gasteiger partial charge in [0, 0.05) is 0 Å². The Hall–Kier alpha value is -0.0900. The molecular formula is C3H8ClNO2. The van der Waals surface area contributed by atoms with Crippen molar-refractivity contribution in [1.29, 1.82) is 0 Å². The minimum Gasteiger partial charge on any atom is -0.300 e. The highest BCUT2D eigenvalue weighted by Gasteiger charge is 1.58. The fourth-order valence-corrected chi connectivity index (χ4v) is 0.0680. The topological polar surface area (TPSA) is 55.5 Å². The number of hydrogen-bond acceptors (Lipinski definition) is 3. The summed E-state index contributed by atoms with van der Waals surface area (Å²) in [5.74, 6) is 4.57. The Morgan fingerprint density at radius 1 is 1.86 bits per heavy atom. The summed E-state index contributed by atoms with van der Waals surface area (Å²) in [7, 11) is 0. The minimum absolute atomic E-state index is 0.431. The predicted molar refractivity (Wildman–Crippen MR) is 28.4 cm³/mol. The molecule has 7 heavy (non-hydrogen) atoms. The van der Waals surface area contributed by atoms with E-state index in [1.54, 1.807) is 6.08 Å². The Balaban J connectivity index is 0. The average molecular weight is 126 g/mol. The summed E-state index contributed by atoms with van der Waals surface area (Å²) < 4.78 is 6.47. The molecule has 0 saturated heterocycles. The Morgan fingerprint density at radius 3 is 2.29 bits per heavy atom. The van der Waals surface area contributed by atoms with E-state index in [9.17, 15) is 0 Å². The van der Waals surface area contributed by atoms with Crippen LogP contribution < -0.4 is 5.90 Å². The number of rotatable bonds is 2. The second-order valence-corrected chi connectivity index (χ2v) is 0.622. The van der Waals surface area contributed by atoms with E-state index in [1.807, 2.05) is 0 Å². The summed E-state index contributed by atoms with van der Waals surface area (Å²) in [6, 6.07) is 0. The monoisotopic (exact) mass is 125 g/mol. The second-order valence-electron chi connectivity index (χ2n) is 0.622. The van der Waals surface area contributed by atoms with Crippen molar-refractivity contribution >= 4 is 11.9 Å². The van der Waals surface area contributed by atoms with Crippen molar-refractivity contribution in [3.63, 3.8) is 0 Å². The van der Waals surface area contributed by atoms with Gasteiger partial charge in [-0.25, -0.2) is 5.90 Å². The molecule has 0 aliphatic heterocycles. The lowest BCUT2D eigenvalue weighted by atomic mass is 10.7. The molecule has 0 atom stereocenters. The Labute approximate surface area is 47.5 Å². The highest BCUT2D eigenvalue weighted by atomic mass is 35.5. The molecule has 0 saturated carbocycles. The largest absolute Gasteiger partial charge is 0.300 e. The predicted octanol–water partition coefficient (Wildman–Crippen LogP) is 0.195. The molecule has 3 nitrogen and oxygen atoms in total. The van der Waals surface area contributed by atoms with Gasteiger partial charge in [-0.15, -0.1) is 6.58 Å². The van der Waals surface area contributed by atoms with Gasteiger partial charge < -0.3 is 4.84 Å². The summed E-state index contributed by atoms with van der Waals surface area (Å²) >= 11 is 3.64. The van der Waals surface area contributed by atoms with Gasteiger partial charge in [0.25, 0.3) is 0 Å². The lowest BCUT2D eigenvalue weighted by Gasteiger charge is -1.79. The maximum Gasteiger partial charge on any atom is 0.0858 e. The highest BCUT2D eigenvalue weighted by molar-refractivity contribution is 6.04. The molecule has 0 unspecified atom stereocenters. The van der Waals surface area contributed by atoms with Gasteiger partial charge in [0.1, 0.15) is 0 Å². The molecular weight excluding hydrogens is 117 g/mol. The van der Waals surface area contributed by atoms with E-state index >= 15 is 0 Å². The Morgan fingerprint density at radius 2 is 2.29 bits per heavy atom. The molecule has 0 rings (SSSR count). The van der Waals surface area contributed by atoms with E-state index in [0.717, 1.165) is 0 Å². The molecule has 0 aliphatic carbocycles. The Kier molecular flexibility index (Phi) is 24.1. The number of halogens is 1. The van der Waals surface area contributed by atoms with E-state index in [1.165, 1.54) is 0 Å². The van der Waals surface area contributed by atoms with Crippen molar-refractivity contribution in [3.05, 3.63) is 12.7 Å². The van der Waals surface area contributed by atoms with Crippen LogP contribution in [0.4, 0.5) is 0 Å². The van der Waals surface area contributed by atoms with Gasteiger partial charge in [-0.05, 0) is 0 Å². The van der Waals surface area contributed by atoms with Crippen LogP contribution in [-0.2, 0) is 4.84 Å². The van der Waals surface area contributed by atoms with Gasteiger partial charge in [-0.3, -0.25) is 4.66 Å². The van der Waals surface area contributed by atoms with Crippen LogP contribution in [0.1, 0.15) is 0 Å². The summed E-state index contributed by atoms with van der Waals surface area (Å²) in [5.41, 5.74) is 0. The van der Waals surface area contributed by atoms with E-state index in [4.69, 9.17) is 4.66 Å². The zero-order valence-corrected chi connectivity index (χ0v) is 4.56. The van der Waals surface area contributed by atoms with Crippen LogP contribution in [-0.4, -0.2) is 11.3 Å². The van der Waals surface area contributed by atoms with Crippen LogP contribution in [0, 0.1) is 0 Å². The molecule has 0 spiro atoms. The van der Waals surface area contributed by atoms with Gasteiger partial charge in [0.15, 0.2) is 0 Å². The third-order valence-corrected chi connectivity index (χ3v) is 0.214. The lowest BCUT2D eigenvalue weighted by molar-refractivity contribution is 0.168. The molecule has 44 valence electrons. The molecule has 0 aromatic carbocycles. The molecule has 0 aliphatic rings. The zero-order valence-electron chi connectivity index (χ0n) is 3.80. The molecule has 0 bridgehead atoms. The summed E-state index contributed by atoms with van der Waals surface area (Å²) in [6.07, 6.45) is 1.58. The summed E-state index contributed by atoms with van der Waals surface area (Å²) in [5, 5.41) is 0. The Bertz CT molecular complexity index is 34.1. The first-order valence-corrected chi connectivity index (χ1v) is 1.85.